The molecule has 0 heterocycles. The van der Waals surface area contributed by atoms with Gasteiger partial charge in [-0.05, 0) is 111 Å². The number of unbranched alkanes of at least 4 members (excludes halogenated alkanes) is 4. The minimum atomic E-state index is 0.993. The number of aryl methyl sites for hydroxylation is 4. The van der Waals surface area contributed by atoms with E-state index in [1.54, 1.807) is 0 Å². The van der Waals surface area contributed by atoms with Crippen molar-refractivity contribution in [3.8, 4) is 0 Å². The highest BCUT2D eigenvalue weighted by Crippen LogP contribution is 2.25. The maximum Gasteiger partial charge on any atom is 0.0636 e. The van der Waals surface area contributed by atoms with Gasteiger partial charge in [0.05, 0.1) is 22.8 Å². The average molecular weight is 489 g/mol. The van der Waals surface area contributed by atoms with E-state index in [-0.39, 0.29) is 0 Å². The lowest BCUT2D eigenvalue weighted by Gasteiger charge is -2.14. The molecule has 2 nitrogen and oxygen atoms in total. The molecule has 198 valence electrons. The van der Waals surface area contributed by atoms with Gasteiger partial charge in [-0.15, -0.1) is 0 Å². The number of hydrogen-bond acceptors (Lipinski definition) is 2. The second-order valence-corrected chi connectivity index (χ2v) is 10.1. The van der Waals surface area contributed by atoms with Crippen LogP contribution in [-0.4, -0.2) is 11.4 Å². The fourth-order valence-electron chi connectivity index (χ4n) is 4.78. The molecule has 0 spiro atoms. The van der Waals surface area contributed by atoms with E-state index >= 15 is 0 Å². The first-order chi connectivity index (χ1) is 17.6. The molecule has 36 heavy (non-hydrogen) atoms. The molecule has 0 fully saturated rings. The maximum absolute atomic E-state index is 5.30. The first-order valence-corrected chi connectivity index (χ1v) is 15.0. The van der Waals surface area contributed by atoms with Gasteiger partial charge in [0.2, 0.25) is 0 Å². The summed E-state index contributed by atoms with van der Waals surface area (Å²) in [6, 6.07) is 13.7. The second kappa shape index (κ2) is 17.3. The summed E-state index contributed by atoms with van der Waals surface area (Å²) in [7, 11) is 0. The Labute approximate surface area is 222 Å². The molecule has 0 N–H and O–H groups in total. The van der Waals surface area contributed by atoms with Crippen LogP contribution < -0.4 is 0 Å². The zero-order valence-corrected chi connectivity index (χ0v) is 24.3. The zero-order valence-electron chi connectivity index (χ0n) is 24.3. The molecular weight excluding hydrogens is 436 g/mol. The van der Waals surface area contributed by atoms with Crippen molar-refractivity contribution in [2.75, 3.05) is 0 Å². The predicted octanol–water partition coefficient (Wildman–Crippen LogP) is 10.7. The van der Waals surface area contributed by atoms with E-state index in [9.17, 15) is 0 Å². The molecule has 2 rings (SSSR count). The van der Waals surface area contributed by atoms with Crippen LogP contribution in [0, 0.1) is 0 Å². The molecule has 0 aliphatic heterocycles. The summed E-state index contributed by atoms with van der Waals surface area (Å²) in [5, 5.41) is 0. The Morgan fingerprint density at radius 2 is 0.944 bits per heavy atom. The second-order valence-electron chi connectivity index (χ2n) is 10.1. The van der Waals surface area contributed by atoms with E-state index in [4.69, 9.17) is 9.98 Å². The maximum atomic E-state index is 5.30. The smallest absolute Gasteiger partial charge is 0.0636 e. The van der Waals surface area contributed by atoms with E-state index in [2.05, 4.69) is 77.9 Å². The number of nitrogens with zero attached hydrogens (tertiary/aromatic N) is 2. The number of aliphatic imine (C=N–C) groups is 2. The molecule has 2 aromatic carbocycles. The highest BCUT2D eigenvalue weighted by atomic mass is 14.8. The predicted molar refractivity (Wildman–Crippen MR) is 162 cm³/mol. The molecule has 0 bridgehead atoms. The largest absolute Gasteiger partial charge is 0.252 e. The molecule has 0 amide bonds. The van der Waals surface area contributed by atoms with Crippen molar-refractivity contribution in [3.63, 3.8) is 0 Å². The van der Waals surface area contributed by atoms with Gasteiger partial charge in [0, 0.05) is 0 Å². The monoisotopic (exact) mass is 488 g/mol. The molecule has 0 saturated carbocycles. The highest BCUT2D eigenvalue weighted by Gasteiger charge is 2.12. The van der Waals surface area contributed by atoms with Gasteiger partial charge >= 0.3 is 0 Å². The van der Waals surface area contributed by atoms with E-state index in [1.807, 2.05) is 0 Å². The van der Waals surface area contributed by atoms with Crippen molar-refractivity contribution in [1.29, 1.82) is 0 Å². The van der Waals surface area contributed by atoms with Crippen LogP contribution in [0.4, 0.5) is 11.4 Å². The van der Waals surface area contributed by atoms with Crippen LogP contribution in [-0.2, 0) is 25.7 Å². The SMILES string of the molecule is CCCCC(=Nc1ccc(CC)c(CC)c1)C(CCCC)=Nc1ccc(CCCC)c(CCCC)c1. The summed E-state index contributed by atoms with van der Waals surface area (Å²) in [6.45, 7) is 13.6. The molecule has 0 atom stereocenters. The third-order valence-electron chi connectivity index (χ3n) is 7.14. The minimum Gasteiger partial charge on any atom is -0.252 e. The molecule has 2 aromatic rings. The standard InChI is InChI=1S/C34H52N2/c1-7-13-17-29-22-24-32(26-30(29)18-14-8-2)36-34(20-16-10-4)33(19-15-9-3)35-31-23-21-27(11-5)28(12-6)25-31/h21-26H,7-20H2,1-6H3. The molecule has 0 aliphatic rings. The molecule has 0 unspecified atom stereocenters. The Hall–Kier alpha value is -2.22. The fourth-order valence-corrected chi connectivity index (χ4v) is 4.78. The summed E-state index contributed by atoms with van der Waals surface area (Å²) in [6.07, 6.45) is 16.1. The van der Waals surface area contributed by atoms with Crippen LogP contribution in [0.2, 0.25) is 0 Å². The van der Waals surface area contributed by atoms with Crippen LogP contribution in [0.1, 0.15) is 128 Å². The van der Waals surface area contributed by atoms with Crippen molar-refractivity contribution >= 4 is 22.8 Å². The van der Waals surface area contributed by atoms with Crippen molar-refractivity contribution in [2.24, 2.45) is 9.98 Å². The quantitative estimate of drug-likeness (QED) is 0.198. The van der Waals surface area contributed by atoms with Crippen molar-refractivity contribution < 1.29 is 0 Å². The van der Waals surface area contributed by atoms with Crippen molar-refractivity contribution in [1.82, 2.24) is 0 Å². The van der Waals surface area contributed by atoms with Crippen LogP contribution in [0.5, 0.6) is 0 Å². The van der Waals surface area contributed by atoms with Crippen LogP contribution in [0.15, 0.2) is 46.4 Å². The van der Waals surface area contributed by atoms with Crippen LogP contribution in [0.3, 0.4) is 0 Å². The van der Waals surface area contributed by atoms with E-state index in [0.29, 0.717) is 0 Å². The van der Waals surface area contributed by atoms with Crippen molar-refractivity contribution in [3.05, 3.63) is 58.7 Å². The molecule has 0 saturated heterocycles. The normalized spacial score (nSPS) is 12.4. The third kappa shape index (κ3) is 9.68. The lowest BCUT2D eigenvalue weighted by molar-refractivity contribution is 0.758. The molecule has 2 heteroatoms. The topological polar surface area (TPSA) is 24.7 Å². The third-order valence-corrected chi connectivity index (χ3v) is 7.14. The average Bonchev–Trinajstić information content (AvgIpc) is 2.91. The summed E-state index contributed by atoms with van der Waals surface area (Å²) in [5.74, 6) is 0. The van der Waals surface area contributed by atoms with Gasteiger partial charge in [-0.2, -0.15) is 0 Å². The van der Waals surface area contributed by atoms with E-state index in [1.165, 1.54) is 78.6 Å². The van der Waals surface area contributed by atoms with Gasteiger partial charge in [0.25, 0.3) is 0 Å². The zero-order chi connectivity index (χ0) is 26.2. The molecule has 0 aliphatic carbocycles. The van der Waals surface area contributed by atoms with E-state index in [0.717, 1.165) is 56.3 Å². The summed E-state index contributed by atoms with van der Waals surface area (Å²) in [5.41, 5.74) is 10.4. The van der Waals surface area contributed by atoms with Gasteiger partial charge in [0.1, 0.15) is 0 Å². The Balaban J connectivity index is 2.52. The summed E-state index contributed by atoms with van der Waals surface area (Å²) < 4.78 is 0. The Morgan fingerprint density at radius 3 is 1.42 bits per heavy atom. The molecule has 0 aromatic heterocycles. The Bertz CT molecular complexity index is 967. The van der Waals surface area contributed by atoms with Gasteiger partial charge in [0.15, 0.2) is 0 Å². The van der Waals surface area contributed by atoms with E-state index < -0.39 is 0 Å². The molecular formula is C34H52N2. The minimum absolute atomic E-state index is 0.993. The highest BCUT2D eigenvalue weighted by molar-refractivity contribution is 6.43. The Morgan fingerprint density at radius 1 is 0.500 bits per heavy atom. The number of hydrogen-bond donors (Lipinski definition) is 0. The van der Waals surface area contributed by atoms with Gasteiger partial charge in [-0.25, -0.2) is 0 Å². The number of benzene rings is 2. The lowest BCUT2D eigenvalue weighted by atomic mass is 9.97. The van der Waals surface area contributed by atoms with Crippen LogP contribution >= 0.6 is 0 Å². The first-order valence-electron chi connectivity index (χ1n) is 15.0. The first kappa shape index (κ1) is 30.0. The summed E-state index contributed by atoms with van der Waals surface area (Å²) in [4.78, 5) is 10.5. The van der Waals surface area contributed by atoms with Gasteiger partial charge < -0.3 is 0 Å². The summed E-state index contributed by atoms with van der Waals surface area (Å²) >= 11 is 0. The van der Waals surface area contributed by atoms with Gasteiger partial charge in [-0.3, -0.25) is 9.98 Å². The van der Waals surface area contributed by atoms with Gasteiger partial charge in [-0.1, -0.05) is 79.4 Å². The number of rotatable bonds is 17. The Kier molecular flexibility index (Phi) is 14.4. The molecule has 0 radical (unpaired) electrons. The van der Waals surface area contributed by atoms with Crippen molar-refractivity contribution in [2.45, 2.75) is 131 Å². The fraction of sp³-hybridized carbons (Fsp3) is 0.588. The van der Waals surface area contributed by atoms with Crippen LogP contribution in [0.25, 0.3) is 0 Å². The lowest BCUT2D eigenvalue weighted by Crippen LogP contribution is -2.14.